The van der Waals surface area contributed by atoms with Crippen LogP contribution in [0, 0.1) is 5.41 Å². The zero-order valence-corrected chi connectivity index (χ0v) is 11.7. The molecule has 0 atom stereocenters. The lowest BCUT2D eigenvalue weighted by Gasteiger charge is -2.26. The lowest BCUT2D eigenvalue weighted by Crippen LogP contribution is -2.34. The minimum Gasteiger partial charge on any atom is -0.396 e. The Morgan fingerprint density at radius 3 is 2.59 bits per heavy atom. The number of nitrogens with one attached hydrogen (secondary N) is 1. The van der Waals surface area contributed by atoms with E-state index in [2.05, 4.69) is 39.4 Å². The molecule has 1 fully saturated rings. The van der Waals surface area contributed by atoms with Gasteiger partial charge in [0.15, 0.2) is 0 Å². The Hall–Kier alpha value is -0.380. The van der Waals surface area contributed by atoms with E-state index in [0.29, 0.717) is 6.61 Å². The molecule has 1 aliphatic rings. The normalized spacial score (nSPS) is 18.5. The topological polar surface area (TPSA) is 32.3 Å². The number of hydrogen-bond donors (Lipinski definition) is 2. The average Bonchev–Trinajstić information content (AvgIpc) is 2.81. The summed E-state index contributed by atoms with van der Waals surface area (Å²) < 4.78 is 1.15. The van der Waals surface area contributed by atoms with Crippen LogP contribution in [0.15, 0.2) is 28.7 Å². The van der Waals surface area contributed by atoms with Crippen molar-refractivity contribution < 1.29 is 5.11 Å². The van der Waals surface area contributed by atoms with E-state index >= 15 is 0 Å². The van der Waals surface area contributed by atoms with E-state index < -0.39 is 0 Å². The molecule has 0 amide bonds. The van der Waals surface area contributed by atoms with Crippen molar-refractivity contribution in [3.8, 4) is 0 Å². The summed E-state index contributed by atoms with van der Waals surface area (Å²) in [6.07, 6.45) is 4.84. The maximum atomic E-state index is 9.52. The van der Waals surface area contributed by atoms with E-state index in [-0.39, 0.29) is 5.41 Å². The molecular weight excluding hydrogens is 278 g/mol. The molecule has 0 aromatic heterocycles. The van der Waals surface area contributed by atoms with Crippen molar-refractivity contribution in [2.75, 3.05) is 13.2 Å². The molecule has 1 saturated carbocycles. The zero-order valence-electron chi connectivity index (χ0n) is 10.1. The largest absolute Gasteiger partial charge is 0.396 e. The number of halogens is 1. The summed E-state index contributed by atoms with van der Waals surface area (Å²) in [5.41, 5.74) is 1.42. The molecule has 0 spiro atoms. The van der Waals surface area contributed by atoms with Crippen LogP contribution in [0.5, 0.6) is 0 Å². The summed E-state index contributed by atoms with van der Waals surface area (Å²) in [6, 6.07) is 8.27. The van der Waals surface area contributed by atoms with E-state index in [1.165, 1.54) is 18.4 Å². The van der Waals surface area contributed by atoms with Gasteiger partial charge in [0.1, 0.15) is 0 Å². The molecule has 1 aromatic rings. The lowest BCUT2D eigenvalue weighted by atomic mass is 9.87. The van der Waals surface area contributed by atoms with Crippen molar-refractivity contribution in [1.82, 2.24) is 5.32 Å². The molecule has 0 aliphatic heterocycles. The molecule has 0 unspecified atom stereocenters. The van der Waals surface area contributed by atoms with Crippen LogP contribution in [0.1, 0.15) is 31.2 Å². The van der Waals surface area contributed by atoms with Crippen LogP contribution in [0.3, 0.4) is 0 Å². The summed E-state index contributed by atoms with van der Waals surface area (Å²) in [4.78, 5) is 0. The Balaban J connectivity index is 1.85. The second kappa shape index (κ2) is 5.98. The Morgan fingerprint density at radius 2 is 1.94 bits per heavy atom. The second-order valence-electron chi connectivity index (χ2n) is 5.06. The predicted molar refractivity (Wildman–Crippen MR) is 73.8 cm³/mol. The van der Waals surface area contributed by atoms with Crippen LogP contribution in [-0.2, 0) is 6.54 Å². The van der Waals surface area contributed by atoms with Crippen molar-refractivity contribution in [3.63, 3.8) is 0 Å². The summed E-state index contributed by atoms with van der Waals surface area (Å²) in [5.74, 6) is 0. The molecule has 17 heavy (non-hydrogen) atoms. The standard InChI is InChI=1S/C14H20BrNO/c15-13-6-2-1-5-12(13)9-16-10-14(11-17)7-3-4-8-14/h1-2,5-6,16-17H,3-4,7-11H2. The van der Waals surface area contributed by atoms with E-state index in [1.54, 1.807) is 0 Å². The molecule has 2 N–H and O–H groups in total. The molecule has 2 rings (SSSR count). The minimum atomic E-state index is 0.140. The van der Waals surface area contributed by atoms with Crippen molar-refractivity contribution >= 4 is 15.9 Å². The third-order valence-corrected chi connectivity index (χ3v) is 4.55. The van der Waals surface area contributed by atoms with Crippen LogP contribution < -0.4 is 5.32 Å². The van der Waals surface area contributed by atoms with Gasteiger partial charge in [-0.3, -0.25) is 0 Å². The fraction of sp³-hybridized carbons (Fsp3) is 0.571. The third kappa shape index (κ3) is 3.30. The first-order valence-corrected chi connectivity index (χ1v) is 7.10. The van der Waals surface area contributed by atoms with Crippen molar-refractivity contribution in [2.45, 2.75) is 32.2 Å². The monoisotopic (exact) mass is 297 g/mol. The van der Waals surface area contributed by atoms with Gasteiger partial charge in [-0.25, -0.2) is 0 Å². The van der Waals surface area contributed by atoms with Gasteiger partial charge in [0, 0.05) is 29.6 Å². The average molecular weight is 298 g/mol. The van der Waals surface area contributed by atoms with Crippen molar-refractivity contribution in [2.24, 2.45) is 5.41 Å². The van der Waals surface area contributed by atoms with Gasteiger partial charge < -0.3 is 10.4 Å². The Morgan fingerprint density at radius 1 is 1.24 bits per heavy atom. The number of hydrogen-bond acceptors (Lipinski definition) is 2. The zero-order chi connectivity index (χ0) is 12.1. The highest BCUT2D eigenvalue weighted by Crippen LogP contribution is 2.36. The van der Waals surface area contributed by atoms with E-state index in [0.717, 1.165) is 30.4 Å². The number of aliphatic hydroxyl groups excluding tert-OH is 1. The second-order valence-corrected chi connectivity index (χ2v) is 5.91. The van der Waals surface area contributed by atoms with Gasteiger partial charge >= 0.3 is 0 Å². The maximum absolute atomic E-state index is 9.52. The molecule has 0 radical (unpaired) electrons. The van der Waals surface area contributed by atoms with Gasteiger partial charge in [-0.2, -0.15) is 0 Å². The highest BCUT2D eigenvalue weighted by molar-refractivity contribution is 9.10. The summed E-state index contributed by atoms with van der Waals surface area (Å²) >= 11 is 3.55. The molecule has 2 nitrogen and oxygen atoms in total. The molecule has 94 valence electrons. The minimum absolute atomic E-state index is 0.140. The molecule has 1 aromatic carbocycles. The quantitative estimate of drug-likeness (QED) is 0.875. The maximum Gasteiger partial charge on any atom is 0.0499 e. The molecule has 1 aliphatic carbocycles. The van der Waals surface area contributed by atoms with Crippen LogP contribution in [-0.4, -0.2) is 18.3 Å². The molecule has 0 bridgehead atoms. The predicted octanol–water partition coefficient (Wildman–Crippen LogP) is 3.09. The van der Waals surface area contributed by atoms with Crippen LogP contribution in [0.2, 0.25) is 0 Å². The first kappa shape index (κ1) is 13.1. The molecule has 3 heteroatoms. The van der Waals surface area contributed by atoms with Gasteiger partial charge in [0.2, 0.25) is 0 Å². The van der Waals surface area contributed by atoms with Gasteiger partial charge in [-0.05, 0) is 24.5 Å². The van der Waals surface area contributed by atoms with Crippen LogP contribution in [0.25, 0.3) is 0 Å². The molecule has 0 saturated heterocycles. The Labute approximate surface area is 112 Å². The highest BCUT2D eigenvalue weighted by Gasteiger charge is 2.32. The highest BCUT2D eigenvalue weighted by atomic mass is 79.9. The van der Waals surface area contributed by atoms with Crippen LogP contribution >= 0.6 is 15.9 Å². The van der Waals surface area contributed by atoms with Gasteiger partial charge in [0.05, 0.1) is 0 Å². The van der Waals surface area contributed by atoms with E-state index in [4.69, 9.17) is 0 Å². The summed E-state index contributed by atoms with van der Waals surface area (Å²) in [6.45, 7) is 2.10. The van der Waals surface area contributed by atoms with Crippen molar-refractivity contribution in [3.05, 3.63) is 34.3 Å². The fourth-order valence-electron chi connectivity index (χ4n) is 2.62. The van der Waals surface area contributed by atoms with Crippen LogP contribution in [0.4, 0.5) is 0 Å². The van der Waals surface area contributed by atoms with Gasteiger partial charge in [-0.15, -0.1) is 0 Å². The lowest BCUT2D eigenvalue weighted by molar-refractivity contribution is 0.128. The van der Waals surface area contributed by atoms with E-state index in [1.807, 2.05) is 6.07 Å². The van der Waals surface area contributed by atoms with Crippen molar-refractivity contribution in [1.29, 1.82) is 0 Å². The number of rotatable bonds is 5. The smallest absolute Gasteiger partial charge is 0.0499 e. The number of benzene rings is 1. The third-order valence-electron chi connectivity index (χ3n) is 3.77. The summed E-state index contributed by atoms with van der Waals surface area (Å²) in [5, 5.41) is 13.0. The van der Waals surface area contributed by atoms with Gasteiger partial charge in [0.25, 0.3) is 0 Å². The molecular formula is C14H20BrNO. The number of aliphatic hydroxyl groups is 1. The van der Waals surface area contributed by atoms with E-state index in [9.17, 15) is 5.11 Å². The SMILES string of the molecule is OCC1(CNCc2ccccc2Br)CCCC1. The molecule has 0 heterocycles. The Kier molecular flexibility index (Phi) is 4.60. The van der Waals surface area contributed by atoms with Gasteiger partial charge in [-0.1, -0.05) is 47.0 Å². The first-order valence-electron chi connectivity index (χ1n) is 6.31. The Bertz CT molecular complexity index is 361. The first-order chi connectivity index (χ1) is 8.26. The fourth-order valence-corrected chi connectivity index (χ4v) is 3.04. The summed E-state index contributed by atoms with van der Waals surface area (Å²) in [7, 11) is 0.